The van der Waals surface area contributed by atoms with E-state index in [4.69, 9.17) is 9.31 Å². The highest BCUT2D eigenvalue weighted by atomic mass is 16.7. The highest BCUT2D eigenvalue weighted by molar-refractivity contribution is 6.62. The number of rotatable bonds is 8. The van der Waals surface area contributed by atoms with Gasteiger partial charge in [0.15, 0.2) is 0 Å². The van der Waals surface area contributed by atoms with Gasteiger partial charge in [0.1, 0.15) is 0 Å². The quantitative estimate of drug-likeness (QED) is 0.344. The summed E-state index contributed by atoms with van der Waals surface area (Å²) in [5.74, 6) is 0. The van der Waals surface area contributed by atoms with Crippen LogP contribution in [0.25, 0.3) is 21.8 Å². The number of para-hydroxylation sites is 1. The number of unbranched alkanes of at least 4 members (excludes halogenated alkanes) is 5. The molecule has 2 heterocycles. The Labute approximate surface area is 175 Å². The minimum atomic E-state index is -0.287. The lowest BCUT2D eigenvalue weighted by molar-refractivity contribution is 0.0842. The van der Waals surface area contributed by atoms with Crippen molar-refractivity contribution in [3.05, 3.63) is 42.5 Å². The maximum atomic E-state index is 6.21. The molecule has 0 radical (unpaired) electrons. The fraction of sp³-hybridized carbons (Fsp3) is 0.520. The molecule has 2 aromatic carbocycles. The third kappa shape index (κ3) is 4.11. The molecule has 1 aliphatic heterocycles. The molecule has 0 saturated carbocycles. The van der Waals surface area contributed by atoms with Crippen molar-refractivity contribution >= 4 is 34.4 Å². The van der Waals surface area contributed by atoms with Gasteiger partial charge in [-0.1, -0.05) is 69.4 Å². The Balaban J connectivity index is 1.63. The molecular weight excluding hydrogens is 357 g/mol. The van der Waals surface area contributed by atoms with Crippen molar-refractivity contribution in [3.63, 3.8) is 0 Å². The van der Waals surface area contributed by atoms with E-state index in [1.54, 1.807) is 0 Å². The van der Waals surface area contributed by atoms with Crippen LogP contribution in [-0.2, 0) is 15.9 Å². The zero-order chi connectivity index (χ0) is 20.4. The average Bonchev–Trinajstić information content (AvgIpc) is 3.18. The lowest BCUT2D eigenvalue weighted by atomic mass is 9.79. The first-order chi connectivity index (χ1) is 14.0. The molecule has 154 valence electrons. The fourth-order valence-corrected chi connectivity index (χ4v) is 4.40. The lowest BCUT2D eigenvalue weighted by Gasteiger charge is -2.21. The van der Waals surface area contributed by atoms with Crippen LogP contribution in [0, 0.1) is 0 Å². The van der Waals surface area contributed by atoms with Crippen molar-refractivity contribution in [1.29, 1.82) is 0 Å². The normalized spacial score (nSPS) is 18.9. The number of fused-ring (bicyclic) bond motifs is 3. The molecule has 1 aromatic heterocycles. The topological polar surface area (TPSA) is 23.4 Å². The smallest absolute Gasteiger partial charge is 0.402 e. The van der Waals surface area contributed by atoms with E-state index >= 15 is 0 Å². The number of nitrogens with zero attached hydrogens (tertiary/aromatic N) is 1. The average molecular weight is 391 g/mol. The molecule has 29 heavy (non-hydrogen) atoms. The van der Waals surface area contributed by atoms with E-state index in [1.807, 2.05) is 0 Å². The predicted octanol–water partition coefficient (Wildman–Crippen LogP) is 6.06. The van der Waals surface area contributed by atoms with Gasteiger partial charge in [-0.3, -0.25) is 0 Å². The summed E-state index contributed by atoms with van der Waals surface area (Å²) in [7, 11) is -0.287. The van der Waals surface area contributed by atoms with Crippen molar-refractivity contribution in [2.75, 3.05) is 0 Å². The number of benzene rings is 2. The number of hydrogen-bond donors (Lipinski definition) is 0. The van der Waals surface area contributed by atoms with Gasteiger partial charge in [0, 0.05) is 28.4 Å². The van der Waals surface area contributed by atoms with Crippen LogP contribution in [0.15, 0.2) is 42.5 Å². The highest BCUT2D eigenvalue weighted by Gasteiger charge is 2.43. The van der Waals surface area contributed by atoms with E-state index in [0.717, 1.165) is 12.0 Å². The van der Waals surface area contributed by atoms with E-state index < -0.39 is 0 Å². The van der Waals surface area contributed by atoms with E-state index in [-0.39, 0.29) is 18.8 Å². The Bertz CT molecular complexity index is 978. The zero-order valence-corrected chi connectivity index (χ0v) is 18.4. The summed E-state index contributed by atoms with van der Waals surface area (Å²) in [6, 6.07) is 15.5. The molecule has 3 aromatic rings. The summed E-state index contributed by atoms with van der Waals surface area (Å²) in [5.41, 5.74) is 3.48. The standard InChI is InChI=1S/C25H34BNO2/c1-5-6-7-8-9-12-17-27-23-14-11-10-13-21(23)22-16-15-20(18-24(22)27)26-28-19(2)25(3,4)29-26/h10-11,13-16,18-19H,5-9,12,17H2,1-4H3. The van der Waals surface area contributed by atoms with Crippen LogP contribution in [-0.4, -0.2) is 23.4 Å². The molecule has 1 saturated heterocycles. The maximum absolute atomic E-state index is 6.21. The summed E-state index contributed by atoms with van der Waals surface area (Å²) in [4.78, 5) is 0. The van der Waals surface area contributed by atoms with Gasteiger partial charge in [-0.2, -0.15) is 0 Å². The van der Waals surface area contributed by atoms with Crippen LogP contribution >= 0.6 is 0 Å². The fourth-order valence-electron chi connectivity index (χ4n) is 4.40. The van der Waals surface area contributed by atoms with Crippen LogP contribution < -0.4 is 5.46 Å². The number of aromatic nitrogens is 1. The van der Waals surface area contributed by atoms with Gasteiger partial charge in [-0.15, -0.1) is 0 Å². The van der Waals surface area contributed by atoms with Gasteiger partial charge in [0.25, 0.3) is 0 Å². The first-order valence-corrected chi connectivity index (χ1v) is 11.4. The van der Waals surface area contributed by atoms with Crippen LogP contribution in [0.4, 0.5) is 0 Å². The molecule has 1 unspecified atom stereocenters. The Morgan fingerprint density at radius 2 is 1.66 bits per heavy atom. The second-order valence-corrected chi connectivity index (χ2v) is 9.04. The molecule has 0 amide bonds. The first-order valence-electron chi connectivity index (χ1n) is 11.4. The minimum absolute atomic E-state index is 0.0807. The van der Waals surface area contributed by atoms with E-state index in [9.17, 15) is 0 Å². The van der Waals surface area contributed by atoms with Gasteiger partial charge in [-0.25, -0.2) is 0 Å². The van der Waals surface area contributed by atoms with E-state index in [2.05, 4.69) is 74.7 Å². The molecule has 0 bridgehead atoms. The van der Waals surface area contributed by atoms with Crippen molar-refractivity contribution < 1.29 is 9.31 Å². The summed E-state index contributed by atoms with van der Waals surface area (Å²) in [5, 5.41) is 2.66. The Hall–Kier alpha value is -1.78. The molecule has 4 rings (SSSR count). The lowest BCUT2D eigenvalue weighted by Crippen LogP contribution is -2.34. The van der Waals surface area contributed by atoms with Crippen LogP contribution in [0.1, 0.15) is 66.2 Å². The minimum Gasteiger partial charge on any atom is -0.402 e. The Kier molecular flexibility index (Phi) is 6.03. The van der Waals surface area contributed by atoms with E-state index in [0.29, 0.717) is 0 Å². The van der Waals surface area contributed by atoms with Gasteiger partial charge < -0.3 is 13.9 Å². The monoisotopic (exact) mass is 391 g/mol. The maximum Gasteiger partial charge on any atom is 0.494 e. The van der Waals surface area contributed by atoms with Gasteiger partial charge in [0.2, 0.25) is 0 Å². The molecule has 0 spiro atoms. The van der Waals surface area contributed by atoms with Crippen molar-refractivity contribution in [2.45, 2.75) is 84.5 Å². The zero-order valence-electron chi connectivity index (χ0n) is 18.4. The summed E-state index contributed by atoms with van der Waals surface area (Å²) in [6.07, 6.45) is 7.96. The van der Waals surface area contributed by atoms with Gasteiger partial charge in [-0.05, 0) is 44.8 Å². The molecule has 1 atom stereocenters. The molecule has 1 fully saturated rings. The summed E-state index contributed by atoms with van der Waals surface area (Å²) >= 11 is 0. The van der Waals surface area contributed by atoms with Crippen molar-refractivity contribution in [2.24, 2.45) is 0 Å². The van der Waals surface area contributed by atoms with E-state index in [1.165, 1.54) is 60.3 Å². The second kappa shape index (κ2) is 8.53. The first kappa shape index (κ1) is 20.5. The molecule has 4 heteroatoms. The van der Waals surface area contributed by atoms with Gasteiger partial charge in [0.05, 0.1) is 11.7 Å². The third-order valence-corrected chi connectivity index (χ3v) is 6.52. The Morgan fingerprint density at radius 1 is 0.931 bits per heavy atom. The second-order valence-electron chi connectivity index (χ2n) is 9.04. The summed E-state index contributed by atoms with van der Waals surface area (Å²) < 4.78 is 14.8. The molecular formula is C25H34BNO2. The highest BCUT2D eigenvalue weighted by Crippen LogP contribution is 2.31. The number of hydrogen-bond acceptors (Lipinski definition) is 2. The van der Waals surface area contributed by atoms with Crippen LogP contribution in [0.2, 0.25) is 0 Å². The third-order valence-electron chi connectivity index (χ3n) is 6.52. The largest absolute Gasteiger partial charge is 0.494 e. The van der Waals surface area contributed by atoms with Crippen molar-refractivity contribution in [3.8, 4) is 0 Å². The van der Waals surface area contributed by atoms with Gasteiger partial charge >= 0.3 is 7.12 Å². The molecule has 1 aliphatic rings. The Morgan fingerprint density at radius 3 is 2.41 bits per heavy atom. The molecule has 0 N–H and O–H groups in total. The van der Waals surface area contributed by atoms with Crippen LogP contribution in [0.3, 0.4) is 0 Å². The summed E-state index contributed by atoms with van der Waals surface area (Å²) in [6.45, 7) is 9.63. The SMILES string of the molecule is CCCCCCCCn1c2ccccc2c2ccc(B3OC(C)C(C)(C)O3)cc21. The van der Waals surface area contributed by atoms with Crippen molar-refractivity contribution in [1.82, 2.24) is 4.57 Å². The molecule has 0 aliphatic carbocycles. The number of aryl methyl sites for hydroxylation is 1. The van der Waals surface area contributed by atoms with Crippen LogP contribution in [0.5, 0.6) is 0 Å². The molecule has 3 nitrogen and oxygen atoms in total. The predicted molar refractivity (Wildman–Crippen MR) is 124 cm³/mol.